The Kier molecular flexibility index (Phi) is 12.2. The zero-order valence-electron chi connectivity index (χ0n) is 27.8. The Morgan fingerprint density at radius 2 is 1.47 bits per heavy atom. The Hall–Kier alpha value is -5.02. The molecule has 2 aliphatic heterocycles. The maximum absolute atomic E-state index is 11.6. The first-order valence-electron chi connectivity index (χ1n) is 16.4. The van der Waals surface area contributed by atoms with E-state index in [0.29, 0.717) is 38.1 Å². The summed E-state index contributed by atoms with van der Waals surface area (Å²) in [5, 5.41) is 0. The topological polar surface area (TPSA) is 127 Å². The maximum Gasteiger partial charge on any atom is 0.508 e. The summed E-state index contributed by atoms with van der Waals surface area (Å²) in [6.07, 6.45) is 5.00. The van der Waals surface area contributed by atoms with E-state index in [4.69, 9.17) is 35.0 Å². The fourth-order valence-corrected chi connectivity index (χ4v) is 5.99. The van der Waals surface area contributed by atoms with Crippen molar-refractivity contribution in [1.29, 1.82) is 0 Å². The van der Waals surface area contributed by atoms with E-state index < -0.39 is 24.4 Å². The molecule has 2 fully saturated rings. The molecule has 0 N–H and O–H groups in total. The summed E-state index contributed by atoms with van der Waals surface area (Å²) in [5.41, 5.74) is 8.62. The molecule has 0 amide bonds. The molecule has 1 aliphatic carbocycles. The van der Waals surface area contributed by atoms with Gasteiger partial charge in [0.1, 0.15) is 25.9 Å². The molecule has 49 heavy (non-hydrogen) atoms. The molecule has 2 saturated heterocycles. The second kappa shape index (κ2) is 16.9. The molecule has 258 valence electrons. The molecule has 4 unspecified atom stereocenters. The number of carbonyl (C=O) groups excluding carboxylic acids is 4. The summed E-state index contributed by atoms with van der Waals surface area (Å²) >= 11 is 0. The third kappa shape index (κ3) is 11.0. The number of cyclic esters (lactones) is 4. The normalized spacial score (nSPS) is 18.9. The van der Waals surface area contributed by atoms with Gasteiger partial charge in [0.2, 0.25) is 0 Å². The molecule has 4 atom stereocenters. The first-order valence-corrected chi connectivity index (χ1v) is 16.4. The fraction of sp³-hybridized carbons (Fsp3) is 0.421. The van der Waals surface area contributed by atoms with Crippen molar-refractivity contribution >= 4 is 29.9 Å². The van der Waals surface area contributed by atoms with Crippen LogP contribution in [-0.4, -0.2) is 76.0 Å². The highest BCUT2D eigenvalue weighted by atomic mass is 16.8. The third-order valence-corrected chi connectivity index (χ3v) is 8.65. The van der Waals surface area contributed by atoms with Gasteiger partial charge in [-0.2, -0.15) is 0 Å². The van der Waals surface area contributed by atoms with Crippen LogP contribution in [0, 0.1) is 18.9 Å². The predicted molar refractivity (Wildman–Crippen MR) is 177 cm³/mol. The number of nitrogens with zero attached hydrogens (tertiary/aromatic N) is 1. The van der Waals surface area contributed by atoms with Gasteiger partial charge in [0.25, 0.3) is 0 Å². The number of benzene rings is 2. The minimum atomic E-state index is -0.701. The van der Waals surface area contributed by atoms with Crippen LogP contribution in [0.25, 0.3) is 0 Å². The van der Waals surface area contributed by atoms with Gasteiger partial charge in [-0.1, -0.05) is 48.0 Å². The van der Waals surface area contributed by atoms with E-state index in [1.54, 1.807) is 0 Å². The minimum absolute atomic E-state index is 0.00333. The Bertz CT molecular complexity index is 1570. The van der Waals surface area contributed by atoms with Gasteiger partial charge in [-0.25, -0.2) is 9.59 Å². The number of allylic oxidation sites excluding steroid dienone is 1. The van der Waals surface area contributed by atoms with Gasteiger partial charge in [0.05, 0.1) is 13.2 Å². The van der Waals surface area contributed by atoms with Crippen LogP contribution in [0.15, 0.2) is 71.5 Å². The summed E-state index contributed by atoms with van der Waals surface area (Å²) < 4.78 is 31.1. The van der Waals surface area contributed by atoms with Crippen LogP contribution in [-0.2, 0) is 44.4 Å². The van der Waals surface area contributed by atoms with E-state index in [2.05, 4.69) is 42.5 Å². The van der Waals surface area contributed by atoms with E-state index in [-0.39, 0.29) is 43.7 Å². The highest BCUT2D eigenvalue weighted by molar-refractivity contribution is 5.66. The SMILES string of the molecule is [CH]=C=C(COC(C)=O)CN(CC1COC(=O)O1)c1ccc(Cc2ccc(C(CCC(COC(C)=O)C3=C[CH]3)CC3COC(=O)O3)cc2)cc1. The number of hydrogen-bond acceptors (Lipinski definition) is 11. The molecule has 11 heteroatoms. The number of carbonyl (C=O) groups is 4. The number of hydrogen-bond donors (Lipinski definition) is 0. The van der Waals surface area contributed by atoms with Crippen molar-refractivity contribution in [1.82, 2.24) is 0 Å². The van der Waals surface area contributed by atoms with E-state index in [1.165, 1.54) is 19.4 Å². The lowest BCUT2D eigenvalue weighted by molar-refractivity contribution is -0.142. The van der Waals surface area contributed by atoms with Crippen molar-refractivity contribution < 1.29 is 47.6 Å². The fourth-order valence-electron chi connectivity index (χ4n) is 5.99. The van der Waals surface area contributed by atoms with Gasteiger partial charge in [0, 0.05) is 44.0 Å². The van der Waals surface area contributed by atoms with Gasteiger partial charge < -0.3 is 33.3 Å². The molecule has 2 radical (unpaired) electrons. The van der Waals surface area contributed by atoms with Crippen molar-refractivity contribution in [2.45, 2.75) is 57.7 Å². The molecular formula is C38H41NO10. The predicted octanol–water partition coefficient (Wildman–Crippen LogP) is 5.81. The lowest BCUT2D eigenvalue weighted by atomic mass is 9.85. The smallest absolute Gasteiger partial charge is 0.465 e. The molecule has 2 aromatic rings. The molecule has 0 spiro atoms. The van der Waals surface area contributed by atoms with Crippen LogP contribution in [0.5, 0.6) is 0 Å². The van der Waals surface area contributed by atoms with Crippen molar-refractivity contribution in [3.05, 3.63) is 101 Å². The Balaban J connectivity index is 1.24. The average molecular weight is 672 g/mol. The zero-order chi connectivity index (χ0) is 34.8. The van der Waals surface area contributed by atoms with Gasteiger partial charge in [0.15, 0.2) is 6.10 Å². The Morgan fingerprint density at radius 1 is 0.878 bits per heavy atom. The summed E-state index contributed by atoms with van der Waals surface area (Å²) in [6, 6.07) is 16.5. The van der Waals surface area contributed by atoms with Crippen LogP contribution in [0.4, 0.5) is 15.3 Å². The van der Waals surface area contributed by atoms with E-state index in [1.807, 2.05) is 29.2 Å². The van der Waals surface area contributed by atoms with Crippen molar-refractivity contribution in [2.24, 2.45) is 5.92 Å². The molecule has 0 bridgehead atoms. The zero-order valence-corrected chi connectivity index (χ0v) is 27.8. The molecule has 2 aromatic carbocycles. The number of anilines is 1. The summed E-state index contributed by atoms with van der Waals surface area (Å²) in [6.45, 7) is 9.85. The van der Waals surface area contributed by atoms with Crippen molar-refractivity contribution in [3.63, 3.8) is 0 Å². The molecule has 11 nitrogen and oxygen atoms in total. The maximum atomic E-state index is 11.6. The summed E-state index contributed by atoms with van der Waals surface area (Å²) in [5.74, 6) is -0.458. The molecule has 3 aliphatic rings. The molecule has 0 aromatic heterocycles. The van der Waals surface area contributed by atoms with Crippen LogP contribution < -0.4 is 4.90 Å². The number of esters is 2. The van der Waals surface area contributed by atoms with Crippen molar-refractivity contribution in [3.8, 4) is 0 Å². The van der Waals surface area contributed by atoms with Crippen LogP contribution in [0.1, 0.15) is 55.7 Å². The molecule has 0 saturated carbocycles. The lowest BCUT2D eigenvalue weighted by Crippen LogP contribution is -2.35. The highest BCUT2D eigenvalue weighted by Crippen LogP contribution is 2.36. The van der Waals surface area contributed by atoms with Crippen LogP contribution >= 0.6 is 0 Å². The molecule has 5 rings (SSSR count). The number of ether oxygens (including phenoxy) is 6. The second-order valence-corrected chi connectivity index (χ2v) is 12.4. The second-order valence-electron chi connectivity index (χ2n) is 12.4. The Labute approximate surface area is 286 Å². The van der Waals surface area contributed by atoms with E-state index in [0.717, 1.165) is 35.2 Å². The first-order chi connectivity index (χ1) is 23.6. The quantitative estimate of drug-likeness (QED) is 0.108. The van der Waals surface area contributed by atoms with E-state index >= 15 is 0 Å². The van der Waals surface area contributed by atoms with Gasteiger partial charge in [-0.15, -0.1) is 5.73 Å². The third-order valence-electron chi connectivity index (χ3n) is 8.65. The summed E-state index contributed by atoms with van der Waals surface area (Å²) in [4.78, 5) is 47.9. The highest BCUT2D eigenvalue weighted by Gasteiger charge is 2.31. The van der Waals surface area contributed by atoms with Gasteiger partial charge >= 0.3 is 24.2 Å². The standard InChI is InChI=1S/C38H41NO10/c1-4-27(21-44-25(2)40)19-39(20-36-24-47-38(43)49-36)34-15-7-29(8-16-34)17-28-5-9-30(10-6-28)32(18-35-23-46-37(42)48-35)13-14-33(31-11-12-31)22-45-26(3)41/h1,5-12,15-16,32-33,35-36H,13-14,17-24H2,2-3H3. The molecule has 2 heterocycles. The van der Waals surface area contributed by atoms with Gasteiger partial charge in [-0.05, 0) is 67.0 Å². The number of rotatable bonds is 18. The average Bonchev–Trinajstić information content (AvgIpc) is 3.72. The monoisotopic (exact) mass is 671 g/mol. The van der Waals surface area contributed by atoms with E-state index in [9.17, 15) is 19.2 Å². The Morgan fingerprint density at radius 3 is 2.02 bits per heavy atom. The first kappa shape index (κ1) is 35.3. The van der Waals surface area contributed by atoms with Crippen LogP contribution in [0.2, 0.25) is 0 Å². The minimum Gasteiger partial charge on any atom is -0.465 e. The molecular weight excluding hydrogens is 630 g/mol. The van der Waals surface area contributed by atoms with Crippen molar-refractivity contribution in [2.75, 3.05) is 44.4 Å². The lowest BCUT2D eigenvalue weighted by Gasteiger charge is -2.27. The van der Waals surface area contributed by atoms with Gasteiger partial charge in [-0.3, -0.25) is 9.59 Å². The largest absolute Gasteiger partial charge is 0.508 e. The van der Waals surface area contributed by atoms with Crippen LogP contribution in [0.3, 0.4) is 0 Å². The summed E-state index contributed by atoms with van der Waals surface area (Å²) in [7, 11) is 0.